The molecule has 0 spiro atoms. The van der Waals surface area contributed by atoms with Crippen molar-refractivity contribution in [2.75, 3.05) is 27.2 Å². The van der Waals surface area contributed by atoms with E-state index in [-0.39, 0.29) is 5.41 Å². The molecule has 0 bridgehead atoms. The molecule has 0 aromatic rings. The van der Waals surface area contributed by atoms with E-state index in [0.717, 1.165) is 25.4 Å². The molecule has 18 heavy (non-hydrogen) atoms. The molecule has 0 amide bonds. The maximum atomic E-state index is 8.64. The Kier molecular flexibility index (Phi) is 8.22. The summed E-state index contributed by atoms with van der Waals surface area (Å²) in [6, 6.07) is 2.83. The van der Waals surface area contributed by atoms with Gasteiger partial charge in [0.1, 0.15) is 0 Å². The number of nitriles is 1. The fraction of sp³-hybridized carbons (Fsp3) is 0.933. The lowest BCUT2D eigenvalue weighted by atomic mass is 9.88. The van der Waals surface area contributed by atoms with E-state index in [1.807, 2.05) is 0 Å². The molecule has 0 fully saturated rings. The number of nitrogens with one attached hydrogen (secondary N) is 1. The van der Waals surface area contributed by atoms with Gasteiger partial charge in [-0.25, -0.2) is 0 Å². The van der Waals surface area contributed by atoms with Crippen molar-refractivity contribution in [3.8, 4) is 6.07 Å². The number of rotatable bonds is 9. The molecule has 0 heterocycles. The molecule has 0 radical (unpaired) electrons. The van der Waals surface area contributed by atoms with Gasteiger partial charge in [0.25, 0.3) is 0 Å². The van der Waals surface area contributed by atoms with Gasteiger partial charge in [-0.2, -0.15) is 5.26 Å². The Labute approximate surface area is 114 Å². The summed E-state index contributed by atoms with van der Waals surface area (Å²) in [7, 11) is 4.30. The van der Waals surface area contributed by atoms with Crippen LogP contribution in [0.3, 0.4) is 0 Å². The third kappa shape index (κ3) is 8.49. The minimum atomic E-state index is 0.213. The van der Waals surface area contributed by atoms with E-state index in [4.69, 9.17) is 5.26 Å². The van der Waals surface area contributed by atoms with Crippen molar-refractivity contribution >= 4 is 0 Å². The third-order valence-corrected chi connectivity index (χ3v) is 3.37. The first-order valence-corrected chi connectivity index (χ1v) is 7.02. The predicted molar refractivity (Wildman–Crippen MR) is 78.4 cm³/mol. The van der Waals surface area contributed by atoms with E-state index >= 15 is 0 Å². The van der Waals surface area contributed by atoms with Crippen LogP contribution in [-0.2, 0) is 0 Å². The minimum Gasteiger partial charge on any atom is -0.315 e. The van der Waals surface area contributed by atoms with Crippen molar-refractivity contribution in [1.82, 2.24) is 10.2 Å². The summed E-state index contributed by atoms with van der Waals surface area (Å²) in [6.45, 7) is 11.0. The van der Waals surface area contributed by atoms with E-state index in [0.29, 0.717) is 12.5 Å². The lowest BCUT2D eigenvalue weighted by Gasteiger charge is -2.29. The van der Waals surface area contributed by atoms with E-state index < -0.39 is 0 Å². The van der Waals surface area contributed by atoms with Crippen LogP contribution in [-0.4, -0.2) is 38.1 Å². The van der Waals surface area contributed by atoms with Gasteiger partial charge in [0.2, 0.25) is 0 Å². The number of hydrogen-bond acceptors (Lipinski definition) is 3. The highest BCUT2D eigenvalue weighted by molar-refractivity contribution is 4.80. The topological polar surface area (TPSA) is 39.1 Å². The zero-order valence-corrected chi connectivity index (χ0v) is 13.1. The monoisotopic (exact) mass is 253 g/mol. The van der Waals surface area contributed by atoms with E-state index in [2.05, 4.69) is 58.1 Å². The molecule has 0 saturated heterocycles. The number of hydrogen-bond donors (Lipinski definition) is 1. The lowest BCUT2D eigenvalue weighted by Crippen LogP contribution is -2.41. The van der Waals surface area contributed by atoms with Gasteiger partial charge in [-0.05, 0) is 38.3 Å². The molecule has 0 aliphatic rings. The highest BCUT2D eigenvalue weighted by atomic mass is 15.1. The van der Waals surface area contributed by atoms with Gasteiger partial charge in [-0.1, -0.05) is 27.7 Å². The molecule has 0 aromatic carbocycles. The minimum absolute atomic E-state index is 0.213. The molecular formula is C15H31N3. The van der Waals surface area contributed by atoms with Gasteiger partial charge in [0, 0.05) is 25.6 Å². The van der Waals surface area contributed by atoms with Crippen LogP contribution in [0.15, 0.2) is 0 Å². The third-order valence-electron chi connectivity index (χ3n) is 3.37. The molecule has 1 atom stereocenters. The maximum absolute atomic E-state index is 8.64. The predicted octanol–water partition coefficient (Wildman–Crippen LogP) is 2.88. The van der Waals surface area contributed by atoms with Gasteiger partial charge in [0.05, 0.1) is 6.07 Å². The van der Waals surface area contributed by atoms with Crippen molar-refractivity contribution in [2.45, 2.75) is 53.0 Å². The second-order valence-electron chi connectivity index (χ2n) is 6.70. The second-order valence-corrected chi connectivity index (χ2v) is 6.70. The summed E-state index contributed by atoms with van der Waals surface area (Å²) in [6.07, 6.45) is 2.84. The Morgan fingerprint density at radius 1 is 1.28 bits per heavy atom. The zero-order chi connectivity index (χ0) is 14.2. The fourth-order valence-corrected chi connectivity index (χ4v) is 2.08. The smallest absolute Gasteiger partial charge is 0.0621 e. The van der Waals surface area contributed by atoms with Crippen LogP contribution in [0, 0.1) is 22.7 Å². The molecule has 106 valence electrons. The molecule has 0 saturated carbocycles. The summed E-state index contributed by atoms with van der Waals surface area (Å²) in [5, 5.41) is 12.2. The SMILES string of the molecule is CC(C)CC(CNCC(C)(C)CCC#N)N(C)C. The van der Waals surface area contributed by atoms with Gasteiger partial charge < -0.3 is 10.2 Å². The summed E-state index contributed by atoms with van der Waals surface area (Å²) in [4.78, 5) is 2.30. The van der Waals surface area contributed by atoms with Crippen LogP contribution in [0.4, 0.5) is 0 Å². The van der Waals surface area contributed by atoms with Crippen LogP contribution in [0.5, 0.6) is 0 Å². The highest BCUT2D eigenvalue weighted by Crippen LogP contribution is 2.20. The summed E-state index contributed by atoms with van der Waals surface area (Å²) < 4.78 is 0. The lowest BCUT2D eigenvalue weighted by molar-refractivity contribution is 0.231. The maximum Gasteiger partial charge on any atom is 0.0621 e. The van der Waals surface area contributed by atoms with Gasteiger partial charge in [-0.3, -0.25) is 0 Å². The van der Waals surface area contributed by atoms with Crippen molar-refractivity contribution < 1.29 is 0 Å². The highest BCUT2D eigenvalue weighted by Gasteiger charge is 2.19. The van der Waals surface area contributed by atoms with Crippen molar-refractivity contribution in [2.24, 2.45) is 11.3 Å². The number of likely N-dealkylation sites (N-methyl/N-ethyl adjacent to an activating group) is 1. The average molecular weight is 253 g/mol. The van der Waals surface area contributed by atoms with Crippen LogP contribution in [0.2, 0.25) is 0 Å². The average Bonchev–Trinajstić information content (AvgIpc) is 2.24. The van der Waals surface area contributed by atoms with Crippen LogP contribution >= 0.6 is 0 Å². The Hall–Kier alpha value is -0.590. The second kappa shape index (κ2) is 8.50. The molecule has 0 aromatic heterocycles. The van der Waals surface area contributed by atoms with Crippen molar-refractivity contribution in [3.63, 3.8) is 0 Å². The van der Waals surface area contributed by atoms with Crippen LogP contribution < -0.4 is 5.32 Å². The summed E-state index contributed by atoms with van der Waals surface area (Å²) in [5.41, 5.74) is 0.213. The molecule has 3 heteroatoms. The number of nitrogens with zero attached hydrogens (tertiary/aromatic N) is 2. The molecule has 0 aliphatic carbocycles. The molecular weight excluding hydrogens is 222 g/mol. The van der Waals surface area contributed by atoms with Crippen molar-refractivity contribution in [3.05, 3.63) is 0 Å². The summed E-state index contributed by atoms with van der Waals surface area (Å²) >= 11 is 0. The van der Waals surface area contributed by atoms with Crippen LogP contribution in [0.1, 0.15) is 47.0 Å². The summed E-state index contributed by atoms with van der Waals surface area (Å²) in [5.74, 6) is 0.728. The Morgan fingerprint density at radius 3 is 2.33 bits per heavy atom. The Morgan fingerprint density at radius 2 is 1.89 bits per heavy atom. The Balaban J connectivity index is 4.02. The van der Waals surface area contributed by atoms with Crippen LogP contribution in [0.25, 0.3) is 0 Å². The Bertz CT molecular complexity index is 251. The molecule has 1 unspecified atom stereocenters. The van der Waals surface area contributed by atoms with Crippen molar-refractivity contribution in [1.29, 1.82) is 5.26 Å². The van der Waals surface area contributed by atoms with Gasteiger partial charge in [-0.15, -0.1) is 0 Å². The largest absolute Gasteiger partial charge is 0.315 e. The first-order valence-electron chi connectivity index (χ1n) is 7.02. The molecule has 3 nitrogen and oxygen atoms in total. The first-order chi connectivity index (χ1) is 8.28. The van der Waals surface area contributed by atoms with Gasteiger partial charge >= 0.3 is 0 Å². The normalized spacial score (nSPS) is 13.9. The molecule has 0 aliphatic heterocycles. The fourth-order valence-electron chi connectivity index (χ4n) is 2.08. The van der Waals surface area contributed by atoms with E-state index in [9.17, 15) is 0 Å². The van der Waals surface area contributed by atoms with Gasteiger partial charge in [0.15, 0.2) is 0 Å². The zero-order valence-electron chi connectivity index (χ0n) is 13.1. The van der Waals surface area contributed by atoms with E-state index in [1.54, 1.807) is 0 Å². The molecule has 1 N–H and O–H groups in total. The molecule has 0 rings (SSSR count). The standard InChI is InChI=1S/C15H31N3/c1-13(2)10-14(18(5)6)11-17-12-15(3,4)8-7-9-16/h13-14,17H,7-8,10-12H2,1-6H3. The first kappa shape index (κ1) is 17.4. The quantitative estimate of drug-likeness (QED) is 0.687. The van der Waals surface area contributed by atoms with E-state index in [1.165, 1.54) is 6.42 Å².